The minimum atomic E-state index is -3.55. The average molecular weight is 304 g/mol. The highest BCUT2D eigenvalue weighted by Crippen LogP contribution is 2.22. The predicted octanol–water partition coefficient (Wildman–Crippen LogP) is 0.724. The Bertz CT molecular complexity index is 578. The van der Waals surface area contributed by atoms with E-state index in [0.29, 0.717) is 35.9 Å². The van der Waals surface area contributed by atoms with E-state index < -0.39 is 10.0 Å². The van der Waals surface area contributed by atoms with Gasteiger partial charge in [0, 0.05) is 26.6 Å². The lowest BCUT2D eigenvalue weighted by Gasteiger charge is -2.20. The minimum Gasteiger partial charge on any atom is -0.393 e. The number of rotatable bonds is 6. The summed E-state index contributed by atoms with van der Waals surface area (Å²) >= 11 is 4.80. The van der Waals surface area contributed by atoms with Crippen LogP contribution in [0.2, 0.25) is 0 Å². The molecule has 108 valence electrons. The Morgan fingerprint density at radius 3 is 2.42 bits per heavy atom. The summed E-state index contributed by atoms with van der Waals surface area (Å²) in [6.45, 7) is 5.90. The lowest BCUT2D eigenvalue weighted by molar-refractivity contribution is 0.436. The number of sulfonamides is 1. The normalized spacial score (nSPS) is 12.1. The molecule has 0 bridgehead atoms. The highest BCUT2D eigenvalue weighted by Gasteiger charge is 2.29. The molecule has 0 aliphatic rings. The Balaban J connectivity index is 3.17. The van der Waals surface area contributed by atoms with Crippen LogP contribution in [0.15, 0.2) is 4.90 Å². The number of aryl methyl sites for hydroxylation is 2. The van der Waals surface area contributed by atoms with Gasteiger partial charge >= 0.3 is 0 Å². The second kappa shape index (κ2) is 5.98. The number of aromatic nitrogens is 2. The molecule has 0 amide bonds. The number of nitrogens with two attached hydrogens (primary N) is 1. The molecule has 1 aromatic rings. The summed E-state index contributed by atoms with van der Waals surface area (Å²) in [5, 5.41) is 4.15. The molecule has 0 saturated heterocycles. The Morgan fingerprint density at radius 1 is 1.47 bits per heavy atom. The predicted molar refractivity (Wildman–Crippen MR) is 78.5 cm³/mol. The molecule has 6 nitrogen and oxygen atoms in total. The fourth-order valence-corrected chi connectivity index (χ4v) is 3.88. The zero-order valence-corrected chi connectivity index (χ0v) is 13.3. The summed E-state index contributed by atoms with van der Waals surface area (Å²) < 4.78 is 28.2. The largest absolute Gasteiger partial charge is 0.393 e. The maximum absolute atomic E-state index is 12.6. The van der Waals surface area contributed by atoms with Crippen molar-refractivity contribution in [2.75, 3.05) is 13.1 Å². The molecular formula is C11H20N4O2S2. The molecule has 1 rings (SSSR count). The monoisotopic (exact) mass is 304 g/mol. The first-order valence-electron chi connectivity index (χ1n) is 6.00. The molecule has 8 heteroatoms. The van der Waals surface area contributed by atoms with Crippen LogP contribution in [-0.2, 0) is 17.1 Å². The maximum atomic E-state index is 12.6. The third-order valence-electron chi connectivity index (χ3n) is 3.00. The van der Waals surface area contributed by atoms with Gasteiger partial charge in [-0.15, -0.1) is 0 Å². The highest BCUT2D eigenvalue weighted by atomic mass is 32.2. The SMILES string of the molecule is CCN(CCC(N)=S)S(=O)(=O)c1c(C)nn(C)c1C. The fraction of sp³-hybridized carbons (Fsp3) is 0.636. The van der Waals surface area contributed by atoms with Crippen molar-refractivity contribution in [3.8, 4) is 0 Å². The molecule has 0 spiro atoms. The molecule has 0 saturated carbocycles. The van der Waals surface area contributed by atoms with Crippen molar-refractivity contribution in [2.45, 2.75) is 32.1 Å². The lowest BCUT2D eigenvalue weighted by atomic mass is 10.4. The molecule has 0 atom stereocenters. The first kappa shape index (κ1) is 16.1. The van der Waals surface area contributed by atoms with Gasteiger partial charge in [0.05, 0.1) is 16.4 Å². The second-order valence-electron chi connectivity index (χ2n) is 4.34. The van der Waals surface area contributed by atoms with Crippen LogP contribution in [0, 0.1) is 13.8 Å². The van der Waals surface area contributed by atoms with E-state index in [0.717, 1.165) is 0 Å². The molecule has 1 heterocycles. The van der Waals surface area contributed by atoms with Gasteiger partial charge in [-0.3, -0.25) is 4.68 Å². The number of thiocarbonyl (C=S) groups is 1. The molecule has 1 aromatic heterocycles. The molecule has 0 aliphatic carbocycles. The maximum Gasteiger partial charge on any atom is 0.246 e. The topological polar surface area (TPSA) is 81.2 Å². The van der Waals surface area contributed by atoms with Crippen LogP contribution in [0.1, 0.15) is 24.7 Å². The molecule has 0 aromatic carbocycles. The van der Waals surface area contributed by atoms with Crippen molar-refractivity contribution in [3.05, 3.63) is 11.4 Å². The zero-order valence-electron chi connectivity index (χ0n) is 11.7. The summed E-state index contributed by atoms with van der Waals surface area (Å²) in [7, 11) is -1.82. The van der Waals surface area contributed by atoms with E-state index in [-0.39, 0.29) is 4.90 Å². The third-order valence-corrected chi connectivity index (χ3v) is 5.43. The van der Waals surface area contributed by atoms with Crippen molar-refractivity contribution in [2.24, 2.45) is 12.8 Å². The van der Waals surface area contributed by atoms with E-state index in [2.05, 4.69) is 5.10 Å². The Kier molecular flexibility index (Phi) is 5.05. The van der Waals surface area contributed by atoms with Crippen LogP contribution >= 0.6 is 12.2 Å². The van der Waals surface area contributed by atoms with Crippen molar-refractivity contribution >= 4 is 27.2 Å². The van der Waals surface area contributed by atoms with Gasteiger partial charge in [-0.2, -0.15) is 9.40 Å². The quantitative estimate of drug-likeness (QED) is 0.783. The fourth-order valence-electron chi connectivity index (χ4n) is 1.94. The molecule has 0 radical (unpaired) electrons. The Hall–Kier alpha value is -0.990. The molecule has 0 unspecified atom stereocenters. The number of hydrogen-bond donors (Lipinski definition) is 1. The van der Waals surface area contributed by atoms with Crippen LogP contribution < -0.4 is 5.73 Å². The van der Waals surface area contributed by atoms with Gasteiger partial charge < -0.3 is 5.73 Å². The minimum absolute atomic E-state index is 0.278. The Morgan fingerprint density at radius 2 is 2.05 bits per heavy atom. The van der Waals surface area contributed by atoms with Crippen molar-refractivity contribution in [3.63, 3.8) is 0 Å². The number of nitrogens with zero attached hydrogens (tertiary/aromatic N) is 3. The van der Waals surface area contributed by atoms with E-state index in [4.69, 9.17) is 18.0 Å². The average Bonchev–Trinajstić information content (AvgIpc) is 2.53. The summed E-state index contributed by atoms with van der Waals surface area (Å²) in [5.74, 6) is 0. The molecule has 19 heavy (non-hydrogen) atoms. The van der Waals surface area contributed by atoms with Gasteiger partial charge in [-0.05, 0) is 13.8 Å². The third kappa shape index (κ3) is 3.31. The summed E-state index contributed by atoms with van der Waals surface area (Å²) in [6.07, 6.45) is 0.376. The van der Waals surface area contributed by atoms with Gasteiger partial charge in [0.1, 0.15) is 4.90 Å². The van der Waals surface area contributed by atoms with Crippen molar-refractivity contribution in [1.82, 2.24) is 14.1 Å². The highest BCUT2D eigenvalue weighted by molar-refractivity contribution is 7.89. The van der Waals surface area contributed by atoms with Crippen LogP contribution in [-0.4, -0.2) is 40.6 Å². The van der Waals surface area contributed by atoms with Gasteiger partial charge in [-0.25, -0.2) is 8.42 Å². The lowest BCUT2D eigenvalue weighted by Crippen LogP contribution is -2.34. The first-order chi connectivity index (χ1) is 8.71. The van der Waals surface area contributed by atoms with Gasteiger partial charge in [0.15, 0.2) is 0 Å². The van der Waals surface area contributed by atoms with Crippen LogP contribution in [0.4, 0.5) is 0 Å². The van der Waals surface area contributed by atoms with Gasteiger partial charge in [0.25, 0.3) is 0 Å². The van der Waals surface area contributed by atoms with E-state index in [1.54, 1.807) is 32.5 Å². The van der Waals surface area contributed by atoms with Crippen molar-refractivity contribution in [1.29, 1.82) is 0 Å². The molecular weight excluding hydrogens is 284 g/mol. The van der Waals surface area contributed by atoms with Crippen LogP contribution in [0.3, 0.4) is 0 Å². The van der Waals surface area contributed by atoms with Crippen molar-refractivity contribution < 1.29 is 8.42 Å². The van der Waals surface area contributed by atoms with Gasteiger partial charge in [-0.1, -0.05) is 19.1 Å². The zero-order chi connectivity index (χ0) is 14.8. The van der Waals surface area contributed by atoms with E-state index >= 15 is 0 Å². The second-order valence-corrected chi connectivity index (χ2v) is 6.74. The van der Waals surface area contributed by atoms with E-state index in [1.807, 2.05) is 0 Å². The standard InChI is InChI=1S/C11H20N4O2S2/c1-5-15(7-6-10(12)18)19(16,17)11-8(2)13-14(4)9(11)3/h5-7H2,1-4H3,(H2,12,18). The molecule has 0 fully saturated rings. The summed E-state index contributed by atoms with van der Waals surface area (Å²) in [6, 6.07) is 0. The Labute approximate surface area is 119 Å². The van der Waals surface area contributed by atoms with Crippen LogP contribution in [0.25, 0.3) is 0 Å². The summed E-state index contributed by atoms with van der Waals surface area (Å²) in [5.41, 5.74) is 6.57. The molecule has 0 aliphatic heterocycles. The van der Waals surface area contributed by atoms with E-state index in [9.17, 15) is 8.42 Å². The van der Waals surface area contributed by atoms with E-state index in [1.165, 1.54) is 4.31 Å². The smallest absolute Gasteiger partial charge is 0.246 e. The summed E-state index contributed by atoms with van der Waals surface area (Å²) in [4.78, 5) is 0.591. The molecule has 2 N–H and O–H groups in total. The van der Waals surface area contributed by atoms with Crippen LogP contribution in [0.5, 0.6) is 0 Å². The first-order valence-corrected chi connectivity index (χ1v) is 7.85. The number of hydrogen-bond acceptors (Lipinski definition) is 4. The van der Waals surface area contributed by atoms with Gasteiger partial charge in [0.2, 0.25) is 10.0 Å².